The fraction of sp³-hybridized carbons (Fsp3) is 1.00. The van der Waals surface area contributed by atoms with Gasteiger partial charge in [-0.25, -0.2) is 0 Å². The van der Waals surface area contributed by atoms with Crippen LogP contribution >= 0.6 is 0 Å². The zero-order valence-corrected chi connectivity index (χ0v) is 13.8. The number of rotatable bonds is 8. The molecule has 0 aromatic rings. The lowest BCUT2D eigenvalue weighted by atomic mass is 9.80. The van der Waals surface area contributed by atoms with Crippen LogP contribution in [0.2, 0.25) is 0 Å². The fourth-order valence-corrected chi connectivity index (χ4v) is 3.61. The molecule has 118 valence electrons. The molecule has 2 aliphatic rings. The Kier molecular flexibility index (Phi) is 6.31. The van der Waals surface area contributed by atoms with E-state index in [1.165, 1.54) is 45.2 Å². The summed E-state index contributed by atoms with van der Waals surface area (Å²) < 4.78 is 5.82. The Hall–Kier alpha value is -0.120. The predicted octanol–water partition coefficient (Wildman–Crippen LogP) is 2.76. The van der Waals surface area contributed by atoms with Gasteiger partial charge in [-0.3, -0.25) is 0 Å². The van der Waals surface area contributed by atoms with Gasteiger partial charge < -0.3 is 15.0 Å². The van der Waals surface area contributed by atoms with E-state index in [0.717, 1.165) is 38.1 Å². The molecule has 0 spiro atoms. The summed E-state index contributed by atoms with van der Waals surface area (Å²) in [6.45, 7) is 11.2. The second kappa shape index (κ2) is 7.77. The zero-order valence-electron chi connectivity index (χ0n) is 13.8. The first-order chi connectivity index (χ1) is 9.60. The number of hydrogen-bond donors (Lipinski definition) is 1. The molecule has 1 unspecified atom stereocenters. The Morgan fingerprint density at radius 3 is 2.65 bits per heavy atom. The summed E-state index contributed by atoms with van der Waals surface area (Å²) in [4.78, 5) is 2.57. The van der Waals surface area contributed by atoms with Crippen LogP contribution in [0, 0.1) is 17.3 Å². The monoisotopic (exact) mass is 282 g/mol. The highest BCUT2D eigenvalue weighted by Gasteiger charge is 2.34. The maximum Gasteiger partial charge on any atom is 0.0546 e. The van der Waals surface area contributed by atoms with E-state index in [1.54, 1.807) is 0 Å². The summed E-state index contributed by atoms with van der Waals surface area (Å²) in [5.74, 6) is 1.69. The third-order valence-electron chi connectivity index (χ3n) is 4.86. The Labute approximate surface area is 125 Å². The van der Waals surface area contributed by atoms with E-state index in [2.05, 4.69) is 31.1 Å². The van der Waals surface area contributed by atoms with Crippen molar-refractivity contribution in [1.82, 2.24) is 10.2 Å². The normalized spacial score (nSPS) is 28.1. The molecule has 1 heterocycles. The van der Waals surface area contributed by atoms with Crippen molar-refractivity contribution in [2.24, 2.45) is 17.3 Å². The van der Waals surface area contributed by atoms with Gasteiger partial charge in [0.05, 0.1) is 6.61 Å². The van der Waals surface area contributed by atoms with Crippen LogP contribution in [0.4, 0.5) is 0 Å². The minimum Gasteiger partial charge on any atom is -0.381 e. The van der Waals surface area contributed by atoms with Crippen LogP contribution in [0.5, 0.6) is 0 Å². The van der Waals surface area contributed by atoms with Crippen molar-refractivity contribution in [3.8, 4) is 0 Å². The topological polar surface area (TPSA) is 24.5 Å². The fourth-order valence-electron chi connectivity index (χ4n) is 3.61. The largest absolute Gasteiger partial charge is 0.381 e. The van der Waals surface area contributed by atoms with E-state index >= 15 is 0 Å². The minimum atomic E-state index is 0.339. The lowest BCUT2D eigenvalue weighted by molar-refractivity contribution is -0.0259. The average molecular weight is 282 g/mol. The molecule has 1 saturated heterocycles. The van der Waals surface area contributed by atoms with Gasteiger partial charge in [0.1, 0.15) is 0 Å². The first-order valence-corrected chi connectivity index (χ1v) is 8.57. The van der Waals surface area contributed by atoms with Crippen molar-refractivity contribution in [2.45, 2.75) is 46.0 Å². The highest BCUT2D eigenvalue weighted by atomic mass is 16.5. The van der Waals surface area contributed by atoms with Gasteiger partial charge in [0.2, 0.25) is 0 Å². The molecule has 3 heteroatoms. The van der Waals surface area contributed by atoms with E-state index < -0.39 is 0 Å². The number of hydrogen-bond acceptors (Lipinski definition) is 3. The molecule has 1 saturated carbocycles. The molecule has 1 aliphatic heterocycles. The van der Waals surface area contributed by atoms with Crippen LogP contribution in [-0.4, -0.2) is 51.3 Å². The zero-order chi connectivity index (χ0) is 14.4. The van der Waals surface area contributed by atoms with Gasteiger partial charge in [0, 0.05) is 31.7 Å². The summed E-state index contributed by atoms with van der Waals surface area (Å²) in [5, 5.41) is 3.68. The van der Waals surface area contributed by atoms with Crippen LogP contribution in [-0.2, 0) is 4.74 Å². The number of nitrogens with one attached hydrogen (secondary N) is 1. The Morgan fingerprint density at radius 2 is 2.10 bits per heavy atom. The maximum absolute atomic E-state index is 5.82. The first kappa shape index (κ1) is 16.3. The summed E-state index contributed by atoms with van der Waals surface area (Å²) in [7, 11) is 2.30. The second-order valence-electron chi connectivity index (χ2n) is 7.67. The summed E-state index contributed by atoms with van der Waals surface area (Å²) in [5.41, 5.74) is 0.339. The molecule has 3 nitrogen and oxygen atoms in total. The average Bonchev–Trinajstić information content (AvgIpc) is 2.34. The molecule has 1 atom stereocenters. The molecule has 20 heavy (non-hydrogen) atoms. The Bertz CT molecular complexity index is 270. The highest BCUT2D eigenvalue weighted by Crippen LogP contribution is 2.31. The molecule has 2 rings (SSSR count). The van der Waals surface area contributed by atoms with Crippen LogP contribution in [0.25, 0.3) is 0 Å². The summed E-state index contributed by atoms with van der Waals surface area (Å²) in [6.07, 6.45) is 6.87. The van der Waals surface area contributed by atoms with Crippen molar-refractivity contribution in [3.63, 3.8) is 0 Å². The lowest BCUT2D eigenvalue weighted by Gasteiger charge is -2.41. The third kappa shape index (κ3) is 5.01. The SMILES string of the molecule is CC(C)CNCC1(CN(C)CC2CCC2)CCCOC1. The standard InChI is InChI=1S/C17H34N2O/c1-15(2)10-18-12-17(8-5-9-20-14-17)13-19(3)11-16-6-4-7-16/h15-16,18H,4-14H2,1-3H3. The van der Waals surface area contributed by atoms with Crippen LogP contribution in [0.1, 0.15) is 46.0 Å². The molecule has 1 N–H and O–H groups in total. The van der Waals surface area contributed by atoms with Gasteiger partial charge in [0.25, 0.3) is 0 Å². The van der Waals surface area contributed by atoms with E-state index in [4.69, 9.17) is 4.74 Å². The van der Waals surface area contributed by atoms with E-state index in [9.17, 15) is 0 Å². The maximum atomic E-state index is 5.82. The quantitative estimate of drug-likeness (QED) is 0.741. The van der Waals surface area contributed by atoms with Gasteiger partial charge in [0.15, 0.2) is 0 Å². The molecule has 0 aromatic carbocycles. The van der Waals surface area contributed by atoms with Gasteiger partial charge >= 0.3 is 0 Å². The van der Waals surface area contributed by atoms with Crippen LogP contribution < -0.4 is 5.32 Å². The summed E-state index contributed by atoms with van der Waals surface area (Å²) in [6, 6.07) is 0. The smallest absolute Gasteiger partial charge is 0.0546 e. The molecular formula is C17H34N2O. The second-order valence-corrected chi connectivity index (χ2v) is 7.67. The highest BCUT2D eigenvalue weighted by molar-refractivity contribution is 4.87. The van der Waals surface area contributed by atoms with Gasteiger partial charge in [-0.1, -0.05) is 20.3 Å². The molecule has 0 bridgehead atoms. The van der Waals surface area contributed by atoms with Crippen molar-refractivity contribution >= 4 is 0 Å². The molecular weight excluding hydrogens is 248 g/mol. The molecule has 0 aromatic heterocycles. The minimum absolute atomic E-state index is 0.339. The Balaban J connectivity index is 1.81. The lowest BCUT2D eigenvalue weighted by Crippen LogP contribution is -2.49. The van der Waals surface area contributed by atoms with Crippen molar-refractivity contribution < 1.29 is 4.74 Å². The number of ether oxygens (including phenoxy) is 1. The van der Waals surface area contributed by atoms with Crippen molar-refractivity contribution in [1.29, 1.82) is 0 Å². The van der Waals surface area contributed by atoms with Gasteiger partial charge in [-0.05, 0) is 51.1 Å². The Morgan fingerprint density at radius 1 is 1.30 bits per heavy atom. The molecule has 0 radical (unpaired) electrons. The van der Waals surface area contributed by atoms with Crippen molar-refractivity contribution in [2.75, 3.05) is 46.4 Å². The molecule has 2 fully saturated rings. The van der Waals surface area contributed by atoms with Crippen LogP contribution in [0.15, 0.2) is 0 Å². The molecule has 1 aliphatic carbocycles. The van der Waals surface area contributed by atoms with E-state index in [-0.39, 0.29) is 0 Å². The first-order valence-electron chi connectivity index (χ1n) is 8.57. The van der Waals surface area contributed by atoms with Crippen LogP contribution in [0.3, 0.4) is 0 Å². The predicted molar refractivity (Wildman–Crippen MR) is 85.0 cm³/mol. The van der Waals surface area contributed by atoms with Gasteiger partial charge in [-0.2, -0.15) is 0 Å². The number of nitrogens with zero attached hydrogens (tertiary/aromatic N) is 1. The molecule has 0 amide bonds. The summed E-state index contributed by atoms with van der Waals surface area (Å²) >= 11 is 0. The van der Waals surface area contributed by atoms with E-state index in [0.29, 0.717) is 5.41 Å². The van der Waals surface area contributed by atoms with Crippen molar-refractivity contribution in [3.05, 3.63) is 0 Å². The van der Waals surface area contributed by atoms with E-state index in [1.807, 2.05) is 0 Å². The third-order valence-corrected chi connectivity index (χ3v) is 4.86. The van der Waals surface area contributed by atoms with Gasteiger partial charge in [-0.15, -0.1) is 0 Å².